The van der Waals surface area contributed by atoms with Crippen LogP contribution in [0.1, 0.15) is 6.92 Å². The number of aliphatic hydroxyl groups excluding tert-OH is 1. The Bertz CT molecular complexity index is 304. The molecule has 0 amide bonds. The Hall–Kier alpha value is -0.440. The van der Waals surface area contributed by atoms with Gasteiger partial charge in [-0.25, -0.2) is 0 Å². The number of rotatable bonds is 4. The van der Waals surface area contributed by atoms with Crippen molar-refractivity contribution in [2.24, 2.45) is 5.92 Å². The van der Waals surface area contributed by atoms with Gasteiger partial charge in [0.05, 0.1) is 15.7 Å². The van der Waals surface area contributed by atoms with Crippen LogP contribution in [0.5, 0.6) is 0 Å². The first-order valence-electron chi connectivity index (χ1n) is 4.44. The van der Waals surface area contributed by atoms with Gasteiger partial charge in [0.1, 0.15) is 0 Å². The van der Waals surface area contributed by atoms with Crippen LogP contribution in [0.2, 0.25) is 10.0 Å². The Morgan fingerprint density at radius 1 is 1.43 bits per heavy atom. The first-order chi connectivity index (χ1) is 6.65. The van der Waals surface area contributed by atoms with Crippen LogP contribution in [0.4, 0.5) is 5.69 Å². The van der Waals surface area contributed by atoms with Crippen molar-refractivity contribution >= 4 is 28.9 Å². The molecule has 0 aliphatic carbocycles. The number of hydrogen-bond acceptors (Lipinski definition) is 2. The molecule has 1 unspecified atom stereocenters. The zero-order valence-corrected chi connectivity index (χ0v) is 9.44. The fourth-order valence-corrected chi connectivity index (χ4v) is 1.36. The number of halogens is 2. The molecule has 0 fully saturated rings. The average molecular weight is 234 g/mol. The molecular weight excluding hydrogens is 221 g/mol. The van der Waals surface area contributed by atoms with Crippen LogP contribution < -0.4 is 5.32 Å². The molecule has 0 bridgehead atoms. The van der Waals surface area contributed by atoms with E-state index in [2.05, 4.69) is 5.32 Å². The van der Waals surface area contributed by atoms with Gasteiger partial charge in [-0.05, 0) is 18.1 Å². The van der Waals surface area contributed by atoms with Crippen LogP contribution in [0.15, 0.2) is 18.2 Å². The van der Waals surface area contributed by atoms with Gasteiger partial charge in [-0.3, -0.25) is 0 Å². The summed E-state index contributed by atoms with van der Waals surface area (Å²) >= 11 is 11.8. The Morgan fingerprint density at radius 3 is 2.79 bits per heavy atom. The Balaban J connectivity index is 2.63. The lowest BCUT2D eigenvalue weighted by Crippen LogP contribution is -2.14. The molecule has 1 rings (SSSR count). The molecular formula is C10H13Cl2NO. The van der Waals surface area contributed by atoms with E-state index in [-0.39, 0.29) is 12.5 Å². The summed E-state index contributed by atoms with van der Waals surface area (Å²) < 4.78 is 0. The lowest BCUT2D eigenvalue weighted by atomic mass is 10.2. The van der Waals surface area contributed by atoms with E-state index in [1.54, 1.807) is 6.07 Å². The van der Waals surface area contributed by atoms with Crippen LogP contribution >= 0.6 is 23.2 Å². The summed E-state index contributed by atoms with van der Waals surface area (Å²) in [5, 5.41) is 13.0. The fraction of sp³-hybridized carbons (Fsp3) is 0.400. The third-order valence-corrected chi connectivity index (χ3v) is 2.72. The summed E-state index contributed by atoms with van der Waals surface area (Å²) in [4.78, 5) is 0. The zero-order chi connectivity index (χ0) is 10.6. The SMILES string of the molecule is CC(CO)CNc1cccc(Cl)c1Cl. The molecule has 0 saturated heterocycles. The van der Waals surface area contributed by atoms with Crippen molar-refractivity contribution in [3.8, 4) is 0 Å². The maximum Gasteiger partial charge on any atom is 0.0823 e. The predicted octanol–water partition coefficient (Wildman–Crippen LogP) is 3.03. The summed E-state index contributed by atoms with van der Waals surface area (Å²) in [6, 6.07) is 5.43. The summed E-state index contributed by atoms with van der Waals surface area (Å²) in [5.74, 6) is 0.199. The van der Waals surface area contributed by atoms with Gasteiger partial charge in [0.2, 0.25) is 0 Å². The lowest BCUT2D eigenvalue weighted by Gasteiger charge is -2.12. The van der Waals surface area contributed by atoms with Crippen LogP contribution in [-0.4, -0.2) is 18.3 Å². The number of aliphatic hydroxyl groups is 1. The minimum absolute atomic E-state index is 0.158. The van der Waals surface area contributed by atoms with E-state index in [0.29, 0.717) is 16.6 Å². The van der Waals surface area contributed by atoms with E-state index in [4.69, 9.17) is 28.3 Å². The van der Waals surface area contributed by atoms with Crippen molar-refractivity contribution in [1.29, 1.82) is 0 Å². The van der Waals surface area contributed by atoms with Crippen molar-refractivity contribution in [2.45, 2.75) is 6.92 Å². The van der Waals surface area contributed by atoms with Crippen molar-refractivity contribution in [1.82, 2.24) is 0 Å². The van der Waals surface area contributed by atoms with Gasteiger partial charge in [-0.15, -0.1) is 0 Å². The number of hydrogen-bond donors (Lipinski definition) is 2. The standard InChI is InChI=1S/C10H13Cl2NO/c1-7(6-14)5-13-9-4-2-3-8(11)10(9)12/h2-4,7,13-14H,5-6H2,1H3. The minimum Gasteiger partial charge on any atom is -0.396 e. The Labute approximate surface area is 93.8 Å². The van der Waals surface area contributed by atoms with Crippen molar-refractivity contribution in [3.05, 3.63) is 28.2 Å². The normalized spacial score (nSPS) is 12.6. The van der Waals surface area contributed by atoms with E-state index < -0.39 is 0 Å². The van der Waals surface area contributed by atoms with E-state index in [1.165, 1.54) is 0 Å². The van der Waals surface area contributed by atoms with Crippen molar-refractivity contribution < 1.29 is 5.11 Å². The molecule has 14 heavy (non-hydrogen) atoms. The highest BCUT2D eigenvalue weighted by Crippen LogP contribution is 2.29. The molecule has 0 aliphatic rings. The molecule has 78 valence electrons. The van der Waals surface area contributed by atoms with Crippen LogP contribution in [0.3, 0.4) is 0 Å². The van der Waals surface area contributed by atoms with Crippen LogP contribution in [0.25, 0.3) is 0 Å². The average Bonchev–Trinajstić information content (AvgIpc) is 2.20. The van der Waals surface area contributed by atoms with Gasteiger partial charge in [-0.2, -0.15) is 0 Å². The summed E-state index contributed by atoms with van der Waals surface area (Å²) in [6.45, 7) is 2.78. The molecule has 1 aromatic carbocycles. The molecule has 4 heteroatoms. The molecule has 0 aliphatic heterocycles. The van der Waals surface area contributed by atoms with E-state index in [0.717, 1.165) is 5.69 Å². The zero-order valence-electron chi connectivity index (χ0n) is 7.93. The summed E-state index contributed by atoms with van der Waals surface area (Å²) in [5.41, 5.74) is 0.805. The van der Waals surface area contributed by atoms with Gasteiger partial charge in [0.25, 0.3) is 0 Å². The maximum atomic E-state index is 8.84. The smallest absolute Gasteiger partial charge is 0.0823 e. The molecule has 0 radical (unpaired) electrons. The highest BCUT2D eigenvalue weighted by molar-refractivity contribution is 6.43. The second-order valence-electron chi connectivity index (χ2n) is 3.27. The first-order valence-corrected chi connectivity index (χ1v) is 5.19. The number of benzene rings is 1. The molecule has 0 spiro atoms. The van der Waals surface area contributed by atoms with Crippen LogP contribution in [0, 0.1) is 5.92 Å². The first kappa shape index (κ1) is 11.6. The third kappa shape index (κ3) is 3.05. The van der Waals surface area contributed by atoms with E-state index in [9.17, 15) is 0 Å². The molecule has 0 heterocycles. The highest BCUT2D eigenvalue weighted by atomic mass is 35.5. The second kappa shape index (κ2) is 5.44. The monoisotopic (exact) mass is 233 g/mol. The Kier molecular flexibility index (Phi) is 4.52. The minimum atomic E-state index is 0.158. The fourth-order valence-electron chi connectivity index (χ4n) is 0.989. The quantitative estimate of drug-likeness (QED) is 0.839. The summed E-state index contributed by atoms with van der Waals surface area (Å²) in [7, 11) is 0. The largest absolute Gasteiger partial charge is 0.396 e. The number of nitrogens with one attached hydrogen (secondary N) is 1. The van der Waals surface area contributed by atoms with Crippen molar-refractivity contribution in [3.63, 3.8) is 0 Å². The molecule has 0 saturated carbocycles. The van der Waals surface area contributed by atoms with Crippen LogP contribution in [-0.2, 0) is 0 Å². The van der Waals surface area contributed by atoms with Crippen molar-refractivity contribution in [2.75, 3.05) is 18.5 Å². The number of anilines is 1. The maximum absolute atomic E-state index is 8.84. The molecule has 1 aromatic rings. The summed E-state index contributed by atoms with van der Waals surface area (Å²) in [6.07, 6.45) is 0. The second-order valence-corrected chi connectivity index (χ2v) is 4.06. The Morgan fingerprint density at radius 2 is 2.14 bits per heavy atom. The topological polar surface area (TPSA) is 32.3 Å². The van der Waals surface area contributed by atoms with Gasteiger partial charge >= 0.3 is 0 Å². The predicted molar refractivity (Wildman–Crippen MR) is 61.2 cm³/mol. The molecule has 2 nitrogen and oxygen atoms in total. The highest BCUT2D eigenvalue weighted by Gasteiger charge is 2.05. The van der Waals surface area contributed by atoms with E-state index in [1.807, 2.05) is 19.1 Å². The van der Waals surface area contributed by atoms with Gasteiger partial charge in [-0.1, -0.05) is 36.2 Å². The molecule has 1 atom stereocenters. The molecule has 0 aromatic heterocycles. The molecule has 2 N–H and O–H groups in total. The van der Waals surface area contributed by atoms with Gasteiger partial charge < -0.3 is 10.4 Å². The lowest BCUT2D eigenvalue weighted by molar-refractivity contribution is 0.244. The van der Waals surface area contributed by atoms with E-state index >= 15 is 0 Å². The van der Waals surface area contributed by atoms with Gasteiger partial charge in [0, 0.05) is 13.2 Å². The van der Waals surface area contributed by atoms with Gasteiger partial charge in [0.15, 0.2) is 0 Å². The third-order valence-electron chi connectivity index (χ3n) is 1.90.